The molecule has 2 aromatic rings. The molecule has 0 fully saturated rings. The highest BCUT2D eigenvalue weighted by Gasteiger charge is 2.14. The maximum atomic E-state index is 13.6. The zero-order chi connectivity index (χ0) is 15.4. The van der Waals surface area contributed by atoms with E-state index >= 15 is 0 Å². The van der Waals surface area contributed by atoms with Gasteiger partial charge in [0.15, 0.2) is 0 Å². The van der Waals surface area contributed by atoms with Crippen LogP contribution in [0, 0.1) is 5.82 Å². The number of aryl methyl sites for hydroxylation is 1. The molecule has 0 unspecified atom stereocenters. The molecule has 0 saturated carbocycles. The molecule has 7 heteroatoms. The average molecular weight is 308 g/mol. The van der Waals surface area contributed by atoms with E-state index in [1.165, 1.54) is 17.5 Å². The number of aromatic nitrogens is 1. The number of thiazole rings is 1. The van der Waals surface area contributed by atoms with Crippen molar-refractivity contribution < 1.29 is 19.1 Å². The minimum atomic E-state index is -1.19. The molecule has 0 aliphatic rings. The van der Waals surface area contributed by atoms with Crippen LogP contribution < -0.4 is 5.32 Å². The molecule has 0 bridgehead atoms. The van der Waals surface area contributed by atoms with Gasteiger partial charge in [0.25, 0.3) is 5.91 Å². The van der Waals surface area contributed by atoms with Crippen molar-refractivity contribution in [1.29, 1.82) is 0 Å². The Morgan fingerprint density at radius 2 is 2.19 bits per heavy atom. The lowest BCUT2D eigenvalue weighted by atomic mass is 10.2. The van der Waals surface area contributed by atoms with Crippen molar-refractivity contribution in [2.45, 2.75) is 19.8 Å². The van der Waals surface area contributed by atoms with E-state index in [4.69, 9.17) is 5.11 Å². The smallest absolute Gasteiger partial charge is 0.335 e. The molecule has 0 aliphatic carbocycles. The molecule has 0 atom stereocenters. The van der Waals surface area contributed by atoms with Gasteiger partial charge in [-0.05, 0) is 31.0 Å². The highest BCUT2D eigenvalue weighted by molar-refractivity contribution is 7.13. The molecule has 1 heterocycles. The van der Waals surface area contributed by atoms with Gasteiger partial charge >= 0.3 is 5.97 Å². The van der Waals surface area contributed by atoms with Gasteiger partial charge in [-0.15, -0.1) is 11.3 Å². The van der Waals surface area contributed by atoms with Crippen molar-refractivity contribution >= 4 is 28.9 Å². The van der Waals surface area contributed by atoms with Crippen molar-refractivity contribution in [2.24, 2.45) is 0 Å². The van der Waals surface area contributed by atoms with Gasteiger partial charge in [0, 0.05) is 0 Å². The first kappa shape index (κ1) is 15.1. The Kier molecular flexibility index (Phi) is 4.64. The van der Waals surface area contributed by atoms with Crippen LogP contribution in [0.3, 0.4) is 0 Å². The second-order valence-electron chi connectivity index (χ2n) is 4.32. The van der Waals surface area contributed by atoms with Gasteiger partial charge in [-0.2, -0.15) is 0 Å². The molecule has 0 aliphatic heterocycles. The molecule has 0 radical (unpaired) electrons. The molecule has 21 heavy (non-hydrogen) atoms. The summed E-state index contributed by atoms with van der Waals surface area (Å²) in [7, 11) is 0. The lowest BCUT2D eigenvalue weighted by Gasteiger charge is -2.05. The number of nitrogens with one attached hydrogen (secondary N) is 1. The van der Waals surface area contributed by atoms with Crippen LogP contribution >= 0.6 is 11.3 Å². The van der Waals surface area contributed by atoms with E-state index in [1.54, 1.807) is 0 Å². The van der Waals surface area contributed by atoms with Crippen LogP contribution in [-0.2, 0) is 6.42 Å². The van der Waals surface area contributed by atoms with Gasteiger partial charge < -0.3 is 10.4 Å². The van der Waals surface area contributed by atoms with Crippen molar-refractivity contribution in [2.75, 3.05) is 5.32 Å². The van der Waals surface area contributed by atoms with Gasteiger partial charge in [-0.3, -0.25) is 4.79 Å². The van der Waals surface area contributed by atoms with Crippen molar-refractivity contribution in [3.8, 4) is 0 Å². The Hall–Kier alpha value is -2.28. The lowest BCUT2D eigenvalue weighted by molar-refractivity contribution is 0.0696. The third-order valence-electron chi connectivity index (χ3n) is 2.70. The van der Waals surface area contributed by atoms with Crippen LogP contribution in [0.25, 0.3) is 0 Å². The van der Waals surface area contributed by atoms with Crippen LogP contribution in [0.1, 0.15) is 38.4 Å². The Bertz CT molecular complexity index is 685. The summed E-state index contributed by atoms with van der Waals surface area (Å²) < 4.78 is 13.6. The molecule has 1 aromatic heterocycles. The summed E-state index contributed by atoms with van der Waals surface area (Å²) in [6.07, 6.45) is 3.13. The molecular formula is C14H13FN2O3S. The number of carbonyl (C=O) groups is 2. The van der Waals surface area contributed by atoms with E-state index in [1.807, 2.05) is 6.92 Å². The van der Waals surface area contributed by atoms with Crippen LogP contribution in [0.2, 0.25) is 0 Å². The Morgan fingerprint density at radius 3 is 2.86 bits per heavy atom. The summed E-state index contributed by atoms with van der Waals surface area (Å²) in [6.45, 7) is 2.01. The SMILES string of the molecule is CCCc1ncc(C(=O)Nc2cc(C(=O)O)ccc2F)s1. The van der Waals surface area contributed by atoms with E-state index in [-0.39, 0.29) is 11.3 Å². The molecule has 1 aromatic carbocycles. The third-order valence-corrected chi connectivity index (χ3v) is 3.76. The van der Waals surface area contributed by atoms with E-state index in [9.17, 15) is 14.0 Å². The minimum Gasteiger partial charge on any atom is -0.478 e. The normalized spacial score (nSPS) is 10.4. The second-order valence-corrected chi connectivity index (χ2v) is 5.44. The zero-order valence-electron chi connectivity index (χ0n) is 11.2. The fourth-order valence-electron chi connectivity index (χ4n) is 1.68. The van der Waals surface area contributed by atoms with Crippen LogP contribution in [0.5, 0.6) is 0 Å². The van der Waals surface area contributed by atoms with Crippen molar-refractivity contribution in [3.63, 3.8) is 0 Å². The summed E-state index contributed by atoms with van der Waals surface area (Å²) >= 11 is 1.24. The molecule has 1 amide bonds. The van der Waals surface area contributed by atoms with Gasteiger partial charge in [0.1, 0.15) is 10.7 Å². The Morgan fingerprint density at radius 1 is 1.43 bits per heavy atom. The highest BCUT2D eigenvalue weighted by atomic mass is 32.1. The number of halogens is 1. The van der Waals surface area contributed by atoms with E-state index in [0.29, 0.717) is 4.88 Å². The first-order valence-corrected chi connectivity index (χ1v) is 7.11. The number of hydrogen-bond acceptors (Lipinski definition) is 4. The third kappa shape index (κ3) is 3.63. The molecular weight excluding hydrogens is 295 g/mol. The maximum Gasteiger partial charge on any atom is 0.335 e. The lowest BCUT2D eigenvalue weighted by Crippen LogP contribution is -2.12. The predicted octanol–water partition coefficient (Wildman–Crippen LogP) is 3.19. The van der Waals surface area contributed by atoms with Crippen LogP contribution in [0.15, 0.2) is 24.4 Å². The zero-order valence-corrected chi connectivity index (χ0v) is 12.0. The van der Waals surface area contributed by atoms with Crippen molar-refractivity contribution in [1.82, 2.24) is 4.98 Å². The first-order chi connectivity index (χ1) is 10.0. The monoisotopic (exact) mass is 308 g/mol. The summed E-state index contributed by atoms with van der Waals surface area (Å²) in [5.41, 5.74) is -0.256. The summed E-state index contributed by atoms with van der Waals surface area (Å²) in [5.74, 6) is -2.38. The maximum absolute atomic E-state index is 13.6. The molecule has 110 valence electrons. The number of carboxylic acid groups (broad SMARTS) is 1. The topological polar surface area (TPSA) is 79.3 Å². The number of rotatable bonds is 5. The van der Waals surface area contributed by atoms with E-state index in [2.05, 4.69) is 10.3 Å². The van der Waals surface area contributed by atoms with Crippen molar-refractivity contribution in [3.05, 3.63) is 45.7 Å². The van der Waals surface area contributed by atoms with Crippen LogP contribution in [-0.4, -0.2) is 22.0 Å². The molecule has 0 saturated heterocycles. The van der Waals surface area contributed by atoms with Gasteiger partial charge in [0.05, 0.1) is 22.5 Å². The van der Waals surface area contributed by atoms with Gasteiger partial charge in [-0.1, -0.05) is 6.92 Å². The molecule has 2 N–H and O–H groups in total. The highest BCUT2D eigenvalue weighted by Crippen LogP contribution is 2.20. The Labute approximate surface area is 124 Å². The van der Waals surface area contributed by atoms with E-state index in [0.717, 1.165) is 36.0 Å². The number of nitrogens with zero attached hydrogens (tertiary/aromatic N) is 1. The number of carbonyl (C=O) groups excluding carboxylic acids is 1. The standard InChI is InChI=1S/C14H13FN2O3S/c1-2-3-12-16-7-11(21-12)13(18)17-10-6-8(14(19)20)4-5-9(10)15/h4-7H,2-3H2,1H3,(H,17,18)(H,19,20). The second kappa shape index (κ2) is 6.45. The largest absolute Gasteiger partial charge is 0.478 e. The van der Waals surface area contributed by atoms with Gasteiger partial charge in [-0.25, -0.2) is 14.2 Å². The quantitative estimate of drug-likeness (QED) is 0.889. The summed E-state index contributed by atoms with van der Waals surface area (Å²) in [4.78, 5) is 27.3. The summed E-state index contributed by atoms with van der Waals surface area (Å²) in [5, 5.41) is 12.1. The number of anilines is 1. The molecule has 2 rings (SSSR count). The summed E-state index contributed by atoms with van der Waals surface area (Å²) in [6, 6.07) is 3.23. The fourth-order valence-corrected chi connectivity index (χ4v) is 2.60. The predicted molar refractivity (Wildman–Crippen MR) is 77.4 cm³/mol. The molecule has 0 spiro atoms. The minimum absolute atomic E-state index is 0.0947. The number of hydrogen-bond donors (Lipinski definition) is 2. The molecule has 5 nitrogen and oxygen atoms in total. The number of amides is 1. The first-order valence-electron chi connectivity index (χ1n) is 6.30. The Balaban J connectivity index is 2.18. The number of benzene rings is 1. The van der Waals surface area contributed by atoms with Crippen LogP contribution in [0.4, 0.5) is 10.1 Å². The number of carboxylic acids is 1. The number of aromatic carboxylic acids is 1. The fraction of sp³-hybridized carbons (Fsp3) is 0.214. The van der Waals surface area contributed by atoms with Gasteiger partial charge in [0.2, 0.25) is 0 Å². The van der Waals surface area contributed by atoms with E-state index < -0.39 is 17.7 Å². The average Bonchev–Trinajstić information content (AvgIpc) is 2.90.